The zero-order valence-corrected chi connectivity index (χ0v) is 15.4. The number of carbonyl (C=O) groups excluding carboxylic acids is 1. The Morgan fingerprint density at radius 2 is 2.00 bits per heavy atom. The molecule has 130 valence electrons. The highest BCUT2D eigenvalue weighted by atomic mass is 16.5. The molecule has 0 spiro atoms. The van der Waals surface area contributed by atoms with Crippen molar-refractivity contribution in [1.82, 2.24) is 15.0 Å². The quantitative estimate of drug-likeness (QED) is 0.842. The third-order valence-corrected chi connectivity index (χ3v) is 4.40. The zero-order chi connectivity index (χ0) is 18.0. The predicted octanol–water partition coefficient (Wildman–Crippen LogP) is 3.07. The van der Waals surface area contributed by atoms with Gasteiger partial charge in [-0.1, -0.05) is 5.16 Å². The molecule has 0 unspecified atom stereocenters. The summed E-state index contributed by atoms with van der Waals surface area (Å²) in [4.78, 5) is 18.9. The van der Waals surface area contributed by atoms with Crippen LogP contribution in [0.4, 0.5) is 0 Å². The lowest BCUT2D eigenvalue weighted by Gasteiger charge is -2.22. The fourth-order valence-corrected chi connectivity index (χ4v) is 3.10. The average Bonchev–Trinajstić information content (AvgIpc) is 2.88. The molecule has 0 aliphatic heterocycles. The lowest BCUT2D eigenvalue weighted by atomic mass is 9.98. The number of likely N-dealkylation sites (N-methyl/N-ethyl adjacent to an activating group) is 1. The van der Waals surface area contributed by atoms with Gasteiger partial charge in [-0.05, 0) is 34.6 Å². The molecular weight excluding hydrogens is 306 g/mol. The number of hydrogen-bond donors (Lipinski definition) is 0. The number of ether oxygens (including phenoxy) is 1. The summed E-state index contributed by atoms with van der Waals surface area (Å²) in [7, 11) is 3.43. The van der Waals surface area contributed by atoms with Crippen molar-refractivity contribution < 1.29 is 14.1 Å². The van der Waals surface area contributed by atoms with Crippen molar-refractivity contribution in [3.8, 4) is 5.75 Å². The third-order valence-electron chi connectivity index (χ3n) is 4.40. The van der Waals surface area contributed by atoms with Crippen LogP contribution in [0.2, 0.25) is 0 Å². The van der Waals surface area contributed by atoms with E-state index in [-0.39, 0.29) is 11.8 Å². The standard InChI is InChI=1S/C18H25N3O3/c1-10-8-19-15(11(2)17(10)23-7)9-21(6)18(22)12(3)16-13(4)20-24-14(16)5/h8,12H,9H2,1-7H3/t12-/m0/s1. The monoisotopic (exact) mass is 331 g/mol. The van der Waals surface area contributed by atoms with Crippen molar-refractivity contribution in [2.45, 2.75) is 47.1 Å². The van der Waals surface area contributed by atoms with E-state index in [0.29, 0.717) is 12.3 Å². The molecule has 1 atom stereocenters. The number of amides is 1. The first-order valence-corrected chi connectivity index (χ1v) is 7.94. The second-order valence-corrected chi connectivity index (χ2v) is 6.20. The van der Waals surface area contributed by atoms with Gasteiger partial charge in [0.2, 0.25) is 5.91 Å². The molecule has 0 fully saturated rings. The SMILES string of the molecule is COc1c(C)cnc(CN(C)C(=O)[C@@H](C)c2c(C)noc2C)c1C. The highest BCUT2D eigenvalue weighted by molar-refractivity contribution is 5.83. The van der Waals surface area contributed by atoms with E-state index in [0.717, 1.165) is 33.8 Å². The molecule has 0 aliphatic carbocycles. The molecule has 0 aliphatic rings. The van der Waals surface area contributed by atoms with Gasteiger partial charge in [-0.3, -0.25) is 9.78 Å². The second kappa shape index (κ2) is 7.03. The lowest BCUT2D eigenvalue weighted by Crippen LogP contribution is -2.31. The van der Waals surface area contributed by atoms with Gasteiger partial charge in [0.1, 0.15) is 11.5 Å². The van der Waals surface area contributed by atoms with Crippen LogP contribution in [-0.2, 0) is 11.3 Å². The molecule has 6 nitrogen and oxygen atoms in total. The normalized spacial score (nSPS) is 12.1. The Hall–Kier alpha value is -2.37. The minimum absolute atomic E-state index is 0.00476. The first-order valence-electron chi connectivity index (χ1n) is 7.94. The number of carbonyl (C=O) groups is 1. The molecular formula is C18H25N3O3. The van der Waals surface area contributed by atoms with E-state index >= 15 is 0 Å². The maximum absolute atomic E-state index is 12.8. The van der Waals surface area contributed by atoms with Gasteiger partial charge in [0.05, 0.1) is 31.0 Å². The molecule has 2 aromatic rings. The summed E-state index contributed by atoms with van der Waals surface area (Å²) in [6, 6.07) is 0. The maximum atomic E-state index is 12.8. The number of hydrogen-bond acceptors (Lipinski definition) is 5. The summed E-state index contributed by atoms with van der Waals surface area (Å²) < 4.78 is 10.6. The molecule has 2 aromatic heterocycles. The molecule has 2 rings (SSSR count). The molecule has 0 radical (unpaired) electrons. The zero-order valence-electron chi connectivity index (χ0n) is 15.4. The molecule has 24 heavy (non-hydrogen) atoms. The molecule has 2 heterocycles. The van der Waals surface area contributed by atoms with Crippen LogP contribution in [0.1, 0.15) is 46.7 Å². The molecule has 0 saturated heterocycles. The molecule has 0 aromatic carbocycles. The van der Waals surface area contributed by atoms with Crippen LogP contribution in [0.25, 0.3) is 0 Å². The van der Waals surface area contributed by atoms with E-state index in [4.69, 9.17) is 9.26 Å². The number of methoxy groups -OCH3 is 1. The fraction of sp³-hybridized carbons (Fsp3) is 0.500. The summed E-state index contributed by atoms with van der Waals surface area (Å²) in [5.74, 6) is 1.20. The first kappa shape index (κ1) is 18.0. The van der Waals surface area contributed by atoms with Crippen molar-refractivity contribution in [3.63, 3.8) is 0 Å². The molecule has 6 heteroatoms. The highest BCUT2D eigenvalue weighted by Gasteiger charge is 2.26. The van der Waals surface area contributed by atoms with Gasteiger partial charge in [-0.15, -0.1) is 0 Å². The fourth-order valence-electron chi connectivity index (χ4n) is 3.10. The van der Waals surface area contributed by atoms with Crippen LogP contribution in [0.15, 0.2) is 10.7 Å². The summed E-state index contributed by atoms with van der Waals surface area (Å²) in [5, 5.41) is 3.93. The Morgan fingerprint density at radius 1 is 1.33 bits per heavy atom. The predicted molar refractivity (Wildman–Crippen MR) is 91.1 cm³/mol. The number of nitrogens with zero attached hydrogens (tertiary/aromatic N) is 3. The van der Waals surface area contributed by atoms with Crippen LogP contribution >= 0.6 is 0 Å². The van der Waals surface area contributed by atoms with E-state index in [1.165, 1.54) is 0 Å². The number of pyridine rings is 1. The van der Waals surface area contributed by atoms with E-state index in [2.05, 4.69) is 10.1 Å². The lowest BCUT2D eigenvalue weighted by molar-refractivity contribution is -0.131. The van der Waals surface area contributed by atoms with Gasteiger partial charge >= 0.3 is 0 Å². The van der Waals surface area contributed by atoms with Gasteiger partial charge in [0.15, 0.2) is 0 Å². The van der Waals surface area contributed by atoms with E-state index in [9.17, 15) is 4.79 Å². The van der Waals surface area contributed by atoms with Crippen molar-refractivity contribution in [2.24, 2.45) is 0 Å². The van der Waals surface area contributed by atoms with Gasteiger partial charge in [0.25, 0.3) is 0 Å². The van der Waals surface area contributed by atoms with Gasteiger partial charge < -0.3 is 14.2 Å². The van der Waals surface area contributed by atoms with Crippen LogP contribution in [0, 0.1) is 27.7 Å². The van der Waals surface area contributed by atoms with Crippen molar-refractivity contribution in [3.05, 3.63) is 40.0 Å². The molecule has 1 amide bonds. The highest BCUT2D eigenvalue weighted by Crippen LogP contribution is 2.27. The Labute approximate surface area is 142 Å². The number of rotatable bonds is 5. The Morgan fingerprint density at radius 3 is 2.54 bits per heavy atom. The first-order chi connectivity index (χ1) is 11.3. The van der Waals surface area contributed by atoms with Gasteiger partial charge in [-0.25, -0.2) is 0 Å². The third kappa shape index (κ3) is 3.27. The smallest absolute Gasteiger partial charge is 0.230 e. The number of aromatic nitrogens is 2. The van der Waals surface area contributed by atoms with E-state index < -0.39 is 0 Å². The Balaban J connectivity index is 2.21. The largest absolute Gasteiger partial charge is 0.496 e. The van der Waals surface area contributed by atoms with Crippen molar-refractivity contribution in [1.29, 1.82) is 0 Å². The van der Waals surface area contributed by atoms with Crippen LogP contribution < -0.4 is 4.74 Å². The minimum atomic E-state index is -0.311. The molecule has 0 bridgehead atoms. The maximum Gasteiger partial charge on any atom is 0.230 e. The second-order valence-electron chi connectivity index (χ2n) is 6.20. The van der Waals surface area contributed by atoms with Gasteiger partial charge in [0, 0.05) is 29.9 Å². The summed E-state index contributed by atoms with van der Waals surface area (Å²) in [6.07, 6.45) is 1.78. The van der Waals surface area contributed by atoms with E-state index in [1.54, 1.807) is 25.3 Å². The Kier molecular flexibility index (Phi) is 5.26. The average molecular weight is 331 g/mol. The van der Waals surface area contributed by atoms with Gasteiger partial charge in [-0.2, -0.15) is 0 Å². The topological polar surface area (TPSA) is 68.5 Å². The van der Waals surface area contributed by atoms with Crippen LogP contribution in [0.5, 0.6) is 5.75 Å². The van der Waals surface area contributed by atoms with Crippen LogP contribution in [-0.4, -0.2) is 35.1 Å². The van der Waals surface area contributed by atoms with Crippen LogP contribution in [0.3, 0.4) is 0 Å². The van der Waals surface area contributed by atoms with Crippen molar-refractivity contribution >= 4 is 5.91 Å². The minimum Gasteiger partial charge on any atom is -0.496 e. The molecule has 0 saturated carbocycles. The Bertz CT molecular complexity index is 733. The molecule has 0 N–H and O–H groups in total. The summed E-state index contributed by atoms with van der Waals surface area (Å²) >= 11 is 0. The summed E-state index contributed by atoms with van der Waals surface area (Å²) in [5.41, 5.74) is 4.39. The number of aryl methyl sites for hydroxylation is 3. The van der Waals surface area contributed by atoms with Crippen molar-refractivity contribution in [2.75, 3.05) is 14.2 Å². The summed E-state index contributed by atoms with van der Waals surface area (Å²) in [6.45, 7) is 9.90. The van der Waals surface area contributed by atoms with E-state index in [1.807, 2.05) is 34.6 Å².